The normalized spacial score (nSPS) is 10.3. The largest absolute Gasteiger partial charge is 0.493 e. The number of hydrogen-bond acceptors (Lipinski definition) is 4. The molecule has 0 aliphatic rings. The van der Waals surface area contributed by atoms with Gasteiger partial charge in [-0.25, -0.2) is 0 Å². The third-order valence-electron chi connectivity index (χ3n) is 2.95. The van der Waals surface area contributed by atoms with E-state index in [1.54, 1.807) is 0 Å². The van der Waals surface area contributed by atoms with Gasteiger partial charge < -0.3 is 10.5 Å². The Morgan fingerprint density at radius 1 is 1.24 bits per heavy atom. The molecule has 0 atom stereocenters. The Balaban J connectivity index is 1.84. The van der Waals surface area contributed by atoms with E-state index in [0.717, 1.165) is 30.5 Å². The van der Waals surface area contributed by atoms with Gasteiger partial charge in [0.15, 0.2) is 0 Å². The fourth-order valence-electron chi connectivity index (χ4n) is 1.94. The summed E-state index contributed by atoms with van der Waals surface area (Å²) in [6, 6.07) is 11.1. The van der Waals surface area contributed by atoms with Crippen LogP contribution < -0.4 is 10.5 Å². The van der Waals surface area contributed by atoms with E-state index < -0.39 is 16.4 Å². The molecule has 0 bridgehead atoms. The van der Waals surface area contributed by atoms with Gasteiger partial charge in [0.1, 0.15) is 5.75 Å². The molecule has 0 heterocycles. The lowest BCUT2D eigenvalue weighted by atomic mass is 10.1. The summed E-state index contributed by atoms with van der Waals surface area (Å²) in [5.74, 6) is -0.612. The first-order valence-electron chi connectivity index (χ1n) is 6.47. The second-order valence-corrected chi connectivity index (χ2v) is 4.57. The molecule has 21 heavy (non-hydrogen) atoms. The van der Waals surface area contributed by atoms with Crippen molar-refractivity contribution in [1.82, 2.24) is 0 Å². The molecule has 0 fully saturated rings. The van der Waals surface area contributed by atoms with Crippen LogP contribution in [-0.2, 0) is 6.42 Å². The molecular formula is C15H15FN2O3. The van der Waals surface area contributed by atoms with E-state index in [1.165, 1.54) is 6.07 Å². The number of hydrogen-bond donors (Lipinski definition) is 1. The van der Waals surface area contributed by atoms with Crippen LogP contribution >= 0.6 is 0 Å². The third kappa shape index (κ3) is 4.17. The Labute approximate surface area is 121 Å². The van der Waals surface area contributed by atoms with Gasteiger partial charge in [-0.1, -0.05) is 12.1 Å². The summed E-state index contributed by atoms with van der Waals surface area (Å²) in [6.07, 6.45) is 1.53. The molecule has 0 spiro atoms. The average molecular weight is 290 g/mol. The van der Waals surface area contributed by atoms with Gasteiger partial charge in [0.05, 0.1) is 11.5 Å². The van der Waals surface area contributed by atoms with Crippen LogP contribution in [0.3, 0.4) is 0 Å². The van der Waals surface area contributed by atoms with Gasteiger partial charge in [0.25, 0.3) is 0 Å². The van der Waals surface area contributed by atoms with E-state index in [1.807, 2.05) is 24.3 Å². The minimum atomic E-state index is -0.895. The number of nitrogens with two attached hydrogens (primary N) is 1. The van der Waals surface area contributed by atoms with Gasteiger partial charge in [-0.2, -0.15) is 4.39 Å². The van der Waals surface area contributed by atoms with Crippen LogP contribution in [0, 0.1) is 15.9 Å². The highest BCUT2D eigenvalue weighted by Gasteiger charge is 2.14. The molecule has 0 saturated carbocycles. The van der Waals surface area contributed by atoms with Crippen LogP contribution in [0.25, 0.3) is 0 Å². The van der Waals surface area contributed by atoms with Gasteiger partial charge in [-0.15, -0.1) is 0 Å². The Kier molecular flexibility index (Phi) is 4.71. The molecule has 2 aromatic rings. The third-order valence-corrected chi connectivity index (χ3v) is 2.95. The smallest absolute Gasteiger partial charge is 0.305 e. The zero-order valence-electron chi connectivity index (χ0n) is 11.3. The van der Waals surface area contributed by atoms with E-state index >= 15 is 0 Å². The van der Waals surface area contributed by atoms with Crippen LogP contribution in [0.1, 0.15) is 12.0 Å². The maximum absolute atomic E-state index is 13.4. The van der Waals surface area contributed by atoms with Crippen molar-refractivity contribution >= 4 is 11.4 Å². The first-order valence-corrected chi connectivity index (χ1v) is 6.47. The fourth-order valence-corrected chi connectivity index (χ4v) is 1.94. The van der Waals surface area contributed by atoms with Crippen molar-refractivity contribution < 1.29 is 14.1 Å². The molecule has 2 N–H and O–H groups in total. The fraction of sp³-hybridized carbons (Fsp3) is 0.200. The maximum Gasteiger partial charge on any atom is 0.305 e. The molecule has 0 saturated heterocycles. The van der Waals surface area contributed by atoms with Crippen molar-refractivity contribution in [1.29, 1.82) is 0 Å². The monoisotopic (exact) mass is 290 g/mol. The van der Waals surface area contributed by atoms with Crippen molar-refractivity contribution in [3.05, 3.63) is 64.0 Å². The highest BCUT2D eigenvalue weighted by molar-refractivity contribution is 5.40. The highest BCUT2D eigenvalue weighted by Crippen LogP contribution is 2.22. The SMILES string of the molecule is Nc1cccc(CCCOc2ccc([N+](=O)[O-])c(F)c2)c1. The Morgan fingerprint density at radius 2 is 2.05 bits per heavy atom. The van der Waals surface area contributed by atoms with Crippen LogP contribution in [0.5, 0.6) is 5.75 Å². The number of benzene rings is 2. The minimum absolute atomic E-state index is 0.283. The number of ether oxygens (including phenoxy) is 1. The summed E-state index contributed by atoms with van der Waals surface area (Å²) >= 11 is 0. The van der Waals surface area contributed by atoms with E-state index in [2.05, 4.69) is 0 Å². The van der Waals surface area contributed by atoms with Crippen LogP contribution in [0.2, 0.25) is 0 Å². The lowest BCUT2D eigenvalue weighted by Gasteiger charge is -2.07. The van der Waals surface area contributed by atoms with Crippen molar-refractivity contribution in [2.24, 2.45) is 0 Å². The Bertz CT molecular complexity index is 647. The van der Waals surface area contributed by atoms with E-state index in [4.69, 9.17) is 10.5 Å². The molecule has 2 aromatic carbocycles. The summed E-state index contributed by atoms with van der Waals surface area (Å²) in [4.78, 5) is 9.73. The molecule has 110 valence electrons. The summed E-state index contributed by atoms with van der Waals surface area (Å²) in [6.45, 7) is 0.395. The van der Waals surface area contributed by atoms with Gasteiger partial charge in [0.2, 0.25) is 5.82 Å². The lowest BCUT2D eigenvalue weighted by molar-refractivity contribution is -0.387. The molecule has 0 aromatic heterocycles. The van der Waals surface area contributed by atoms with Gasteiger partial charge in [0, 0.05) is 17.8 Å². The highest BCUT2D eigenvalue weighted by atomic mass is 19.1. The Morgan fingerprint density at radius 3 is 2.71 bits per heavy atom. The predicted octanol–water partition coefficient (Wildman–Crippen LogP) is 3.33. The molecule has 0 aliphatic carbocycles. The molecule has 0 aliphatic heterocycles. The van der Waals surface area contributed by atoms with Crippen molar-refractivity contribution in [3.63, 3.8) is 0 Å². The quantitative estimate of drug-likeness (QED) is 0.383. The van der Waals surface area contributed by atoms with Gasteiger partial charge in [-0.3, -0.25) is 10.1 Å². The predicted molar refractivity (Wildman–Crippen MR) is 77.7 cm³/mol. The van der Waals surface area contributed by atoms with Gasteiger partial charge in [-0.05, 0) is 36.6 Å². The standard InChI is InChI=1S/C15H15FN2O3/c16-14-10-13(6-7-15(14)18(19)20)21-8-2-4-11-3-1-5-12(17)9-11/h1,3,5-7,9-10H,2,4,8,17H2. The maximum atomic E-state index is 13.4. The number of rotatable bonds is 6. The molecule has 0 radical (unpaired) electrons. The summed E-state index contributed by atoms with van der Waals surface area (Å²) in [5, 5.41) is 10.5. The number of nitrogens with zero attached hydrogens (tertiary/aromatic N) is 1. The summed E-state index contributed by atoms with van der Waals surface area (Å²) < 4.78 is 18.8. The van der Waals surface area contributed by atoms with E-state index in [0.29, 0.717) is 12.3 Å². The number of anilines is 1. The molecular weight excluding hydrogens is 275 g/mol. The first kappa shape index (κ1) is 14.8. The molecule has 6 heteroatoms. The second kappa shape index (κ2) is 6.69. The topological polar surface area (TPSA) is 78.4 Å². The molecule has 0 amide bonds. The minimum Gasteiger partial charge on any atom is -0.493 e. The second-order valence-electron chi connectivity index (χ2n) is 4.57. The van der Waals surface area contributed by atoms with Crippen LogP contribution in [0.4, 0.5) is 15.8 Å². The van der Waals surface area contributed by atoms with Crippen LogP contribution in [0.15, 0.2) is 42.5 Å². The van der Waals surface area contributed by atoms with Gasteiger partial charge >= 0.3 is 5.69 Å². The van der Waals surface area contributed by atoms with E-state index in [9.17, 15) is 14.5 Å². The summed E-state index contributed by atoms with van der Waals surface area (Å²) in [5.41, 5.74) is 6.95. The lowest BCUT2D eigenvalue weighted by Crippen LogP contribution is -2.01. The first-order chi connectivity index (χ1) is 10.1. The molecule has 0 unspecified atom stereocenters. The van der Waals surface area contributed by atoms with Crippen LogP contribution in [-0.4, -0.2) is 11.5 Å². The average Bonchev–Trinajstić information content (AvgIpc) is 2.43. The summed E-state index contributed by atoms with van der Waals surface area (Å²) in [7, 11) is 0. The number of halogens is 1. The zero-order chi connectivity index (χ0) is 15.2. The number of aryl methyl sites for hydroxylation is 1. The van der Waals surface area contributed by atoms with Crippen molar-refractivity contribution in [3.8, 4) is 5.75 Å². The number of nitrogen functional groups attached to an aromatic ring is 1. The number of nitro groups is 1. The molecule has 5 nitrogen and oxygen atoms in total. The van der Waals surface area contributed by atoms with Crippen molar-refractivity contribution in [2.75, 3.05) is 12.3 Å². The van der Waals surface area contributed by atoms with Crippen molar-refractivity contribution in [2.45, 2.75) is 12.8 Å². The number of nitro benzene ring substituents is 1. The Hall–Kier alpha value is -2.63. The van der Waals surface area contributed by atoms with E-state index in [-0.39, 0.29) is 5.75 Å². The zero-order valence-corrected chi connectivity index (χ0v) is 11.3. The molecule has 2 rings (SSSR count).